The van der Waals surface area contributed by atoms with Gasteiger partial charge in [0.05, 0.1) is 4.90 Å². The number of halogens is 2. The van der Waals surface area contributed by atoms with Gasteiger partial charge in [-0.3, -0.25) is 9.59 Å². The van der Waals surface area contributed by atoms with Crippen molar-refractivity contribution in [2.75, 3.05) is 18.4 Å². The number of anilines is 1. The van der Waals surface area contributed by atoms with Gasteiger partial charge in [0.25, 0.3) is 0 Å². The summed E-state index contributed by atoms with van der Waals surface area (Å²) in [7, 11) is -4.06. The number of Topliss-reactive ketones (excluding diaryl/α,β-unsaturated/α-hetero) is 1. The van der Waals surface area contributed by atoms with E-state index in [0.717, 1.165) is 4.31 Å². The second kappa shape index (κ2) is 10.3. The SMILES string of the molecule is CC(=O)Nc1ccc(S(=O)(=O)N2C/C(=C\c3cccc(F)c3)C(=O)/C(=C/c3cccc(F)c3)C2)cc1. The molecule has 0 unspecified atom stereocenters. The smallest absolute Gasteiger partial charge is 0.243 e. The van der Waals surface area contributed by atoms with Gasteiger partial charge < -0.3 is 5.32 Å². The minimum absolute atomic E-state index is 0.0267. The largest absolute Gasteiger partial charge is 0.326 e. The summed E-state index contributed by atoms with van der Waals surface area (Å²) in [5.41, 5.74) is 1.54. The molecule has 0 aromatic heterocycles. The molecule has 0 aliphatic carbocycles. The molecule has 1 saturated heterocycles. The first-order chi connectivity index (χ1) is 17.1. The van der Waals surface area contributed by atoms with E-state index in [9.17, 15) is 26.8 Å². The number of nitrogens with one attached hydrogen (secondary N) is 1. The van der Waals surface area contributed by atoms with Gasteiger partial charge in [-0.2, -0.15) is 4.31 Å². The van der Waals surface area contributed by atoms with Crippen LogP contribution in [0.3, 0.4) is 0 Å². The standard InChI is InChI=1S/C27H22F2N2O4S/c1-18(32)30-25-8-10-26(11-9-25)36(34,35)31-16-21(12-19-4-2-6-23(28)14-19)27(33)22(17-31)13-20-5-3-7-24(29)15-20/h2-15H,16-17H2,1H3,(H,30,32)/b21-12+,22-13+. The van der Waals surface area contributed by atoms with E-state index in [4.69, 9.17) is 0 Å². The van der Waals surface area contributed by atoms with Crippen molar-refractivity contribution in [1.29, 1.82) is 0 Å². The van der Waals surface area contributed by atoms with Gasteiger partial charge in [-0.05, 0) is 71.8 Å². The molecule has 0 spiro atoms. The van der Waals surface area contributed by atoms with Crippen LogP contribution < -0.4 is 5.32 Å². The van der Waals surface area contributed by atoms with Crippen LogP contribution in [0.1, 0.15) is 18.1 Å². The summed E-state index contributed by atoms with van der Waals surface area (Å²) in [6.45, 7) is 0.881. The Morgan fingerprint density at radius 2 is 1.36 bits per heavy atom. The molecule has 1 amide bonds. The minimum Gasteiger partial charge on any atom is -0.326 e. The lowest BCUT2D eigenvalue weighted by Gasteiger charge is -2.29. The highest BCUT2D eigenvalue weighted by Gasteiger charge is 2.34. The molecule has 0 atom stereocenters. The number of carbonyl (C=O) groups is 2. The summed E-state index contributed by atoms with van der Waals surface area (Å²) in [5.74, 6) is -1.69. The number of carbonyl (C=O) groups excluding carboxylic acids is 2. The van der Waals surface area contributed by atoms with E-state index in [1.54, 1.807) is 12.1 Å². The number of hydrogen-bond donors (Lipinski definition) is 1. The van der Waals surface area contributed by atoms with Gasteiger partial charge in [0.1, 0.15) is 11.6 Å². The van der Waals surface area contributed by atoms with Crippen molar-refractivity contribution in [2.45, 2.75) is 11.8 Å². The number of sulfonamides is 1. The quantitative estimate of drug-likeness (QED) is 0.508. The highest BCUT2D eigenvalue weighted by Crippen LogP contribution is 2.28. The second-order valence-electron chi connectivity index (χ2n) is 8.26. The first-order valence-electron chi connectivity index (χ1n) is 11.0. The molecule has 0 bridgehead atoms. The molecule has 3 aromatic rings. The lowest BCUT2D eigenvalue weighted by molar-refractivity contribution is -0.114. The molecule has 4 rings (SSSR count). The van der Waals surface area contributed by atoms with Crippen LogP contribution in [0.2, 0.25) is 0 Å². The average Bonchev–Trinajstić information content (AvgIpc) is 2.81. The Hall–Kier alpha value is -3.95. The zero-order chi connectivity index (χ0) is 25.9. The summed E-state index contributed by atoms with van der Waals surface area (Å²) in [4.78, 5) is 24.5. The number of nitrogens with zero attached hydrogens (tertiary/aromatic N) is 1. The van der Waals surface area contributed by atoms with E-state index in [2.05, 4.69) is 5.32 Å². The van der Waals surface area contributed by atoms with Crippen molar-refractivity contribution in [3.05, 3.63) is 107 Å². The Morgan fingerprint density at radius 3 is 1.81 bits per heavy atom. The van der Waals surface area contributed by atoms with Crippen LogP contribution in [0.5, 0.6) is 0 Å². The molecule has 1 fully saturated rings. The Bertz CT molecular complexity index is 1430. The number of piperidine rings is 1. The third-order valence-electron chi connectivity index (χ3n) is 5.47. The van der Waals surface area contributed by atoms with Crippen molar-refractivity contribution in [3.8, 4) is 0 Å². The average molecular weight is 509 g/mol. The van der Waals surface area contributed by atoms with Crippen LogP contribution in [-0.2, 0) is 19.6 Å². The van der Waals surface area contributed by atoms with Crippen LogP contribution in [0, 0.1) is 11.6 Å². The van der Waals surface area contributed by atoms with Gasteiger partial charge in [0.15, 0.2) is 5.78 Å². The number of ketones is 1. The Kier molecular flexibility index (Phi) is 7.23. The van der Waals surface area contributed by atoms with Crippen LogP contribution in [0.15, 0.2) is 88.8 Å². The summed E-state index contributed by atoms with van der Waals surface area (Å²) < 4.78 is 55.6. The molecule has 9 heteroatoms. The first kappa shape index (κ1) is 25.2. The van der Waals surface area contributed by atoms with Gasteiger partial charge in [-0.15, -0.1) is 0 Å². The maximum absolute atomic E-state index is 13.7. The third-order valence-corrected chi connectivity index (χ3v) is 7.27. The van der Waals surface area contributed by atoms with Gasteiger partial charge in [-0.1, -0.05) is 24.3 Å². The first-order valence-corrected chi connectivity index (χ1v) is 12.4. The monoisotopic (exact) mass is 508 g/mol. The molecular weight excluding hydrogens is 486 g/mol. The van der Waals surface area contributed by atoms with Crippen molar-refractivity contribution in [2.24, 2.45) is 0 Å². The van der Waals surface area contributed by atoms with E-state index in [1.807, 2.05) is 0 Å². The molecule has 184 valence electrons. The summed E-state index contributed by atoms with van der Waals surface area (Å²) >= 11 is 0. The van der Waals surface area contributed by atoms with Crippen LogP contribution >= 0.6 is 0 Å². The Morgan fingerprint density at radius 1 is 0.861 bits per heavy atom. The second-order valence-corrected chi connectivity index (χ2v) is 10.2. The van der Waals surface area contributed by atoms with Crippen LogP contribution in [0.4, 0.5) is 14.5 Å². The predicted octanol–water partition coefficient (Wildman–Crippen LogP) is 4.66. The van der Waals surface area contributed by atoms with E-state index < -0.39 is 27.4 Å². The zero-order valence-electron chi connectivity index (χ0n) is 19.2. The molecule has 0 radical (unpaired) electrons. The molecule has 1 aliphatic heterocycles. The van der Waals surface area contributed by atoms with Gasteiger partial charge in [0, 0.05) is 36.8 Å². The fourth-order valence-corrected chi connectivity index (χ4v) is 5.23. The van der Waals surface area contributed by atoms with E-state index in [-0.39, 0.29) is 35.0 Å². The van der Waals surface area contributed by atoms with Crippen LogP contribution in [0.25, 0.3) is 12.2 Å². The zero-order valence-corrected chi connectivity index (χ0v) is 20.1. The summed E-state index contributed by atoms with van der Waals surface area (Å²) in [6, 6.07) is 16.9. The number of hydrogen-bond acceptors (Lipinski definition) is 4. The summed E-state index contributed by atoms with van der Waals surface area (Å²) in [6.07, 6.45) is 2.90. The molecule has 1 N–H and O–H groups in total. The number of rotatable bonds is 5. The molecule has 6 nitrogen and oxygen atoms in total. The molecule has 1 aliphatic rings. The van der Waals surface area contributed by atoms with Gasteiger partial charge >= 0.3 is 0 Å². The summed E-state index contributed by atoms with van der Waals surface area (Å²) in [5, 5.41) is 2.58. The topological polar surface area (TPSA) is 83.6 Å². The molecule has 0 saturated carbocycles. The molecular formula is C27H22F2N2O4S. The van der Waals surface area contributed by atoms with Crippen molar-refractivity contribution < 1.29 is 26.8 Å². The molecule has 36 heavy (non-hydrogen) atoms. The normalized spacial score (nSPS) is 16.9. The van der Waals surface area contributed by atoms with E-state index in [1.165, 1.54) is 79.7 Å². The van der Waals surface area contributed by atoms with E-state index in [0.29, 0.717) is 16.8 Å². The van der Waals surface area contributed by atoms with Gasteiger partial charge in [0.2, 0.25) is 15.9 Å². The molecule has 1 heterocycles. The lowest BCUT2D eigenvalue weighted by Crippen LogP contribution is -2.41. The van der Waals surface area contributed by atoms with Gasteiger partial charge in [-0.25, -0.2) is 17.2 Å². The fraction of sp³-hybridized carbons (Fsp3) is 0.111. The van der Waals surface area contributed by atoms with Crippen LogP contribution in [-0.4, -0.2) is 37.5 Å². The van der Waals surface area contributed by atoms with Crippen molar-refractivity contribution in [1.82, 2.24) is 4.31 Å². The third kappa shape index (κ3) is 5.81. The maximum atomic E-state index is 13.7. The lowest BCUT2D eigenvalue weighted by atomic mass is 9.95. The highest BCUT2D eigenvalue weighted by molar-refractivity contribution is 7.89. The minimum atomic E-state index is -4.06. The highest BCUT2D eigenvalue weighted by atomic mass is 32.2. The Labute approximate surface area is 207 Å². The predicted molar refractivity (Wildman–Crippen MR) is 133 cm³/mol. The number of benzene rings is 3. The van der Waals surface area contributed by atoms with E-state index >= 15 is 0 Å². The van der Waals surface area contributed by atoms with Crippen molar-refractivity contribution >= 4 is 39.6 Å². The maximum Gasteiger partial charge on any atom is 0.243 e. The Balaban J connectivity index is 1.75. The van der Waals surface area contributed by atoms with Crippen molar-refractivity contribution in [3.63, 3.8) is 0 Å². The fourth-order valence-electron chi connectivity index (χ4n) is 3.84. The number of amides is 1. The molecule has 3 aromatic carbocycles.